The third kappa shape index (κ3) is 4.61. The van der Waals surface area contributed by atoms with E-state index < -0.39 is 37.3 Å². The Bertz CT molecular complexity index is 1320. The number of benzene rings is 3. The maximum atomic E-state index is 13.0. The first kappa shape index (κ1) is 26.1. The van der Waals surface area contributed by atoms with E-state index in [-0.39, 0.29) is 11.8 Å². The van der Waals surface area contributed by atoms with Crippen LogP contribution < -0.4 is 10.1 Å². The molecule has 1 fully saturated rings. The highest BCUT2D eigenvalue weighted by atomic mass is 16.7. The number of amides is 2. The Balaban J connectivity index is 1.30. The third-order valence-corrected chi connectivity index (χ3v) is 6.95. The molecule has 0 spiro atoms. The van der Waals surface area contributed by atoms with E-state index in [9.17, 15) is 30.0 Å². The van der Waals surface area contributed by atoms with E-state index in [1.54, 1.807) is 24.3 Å². The molecule has 5 rings (SSSR count). The summed E-state index contributed by atoms with van der Waals surface area (Å²) in [6, 6.07) is 16.0. The van der Waals surface area contributed by atoms with Gasteiger partial charge < -0.3 is 35.2 Å². The fraction of sp³-hybridized carbons (Fsp3) is 0.357. The Labute approximate surface area is 219 Å². The maximum Gasteiger partial charge on any atom is 0.261 e. The van der Waals surface area contributed by atoms with E-state index in [1.165, 1.54) is 4.90 Å². The normalized spacial score (nSPS) is 25.1. The van der Waals surface area contributed by atoms with Crippen LogP contribution in [0.4, 0.5) is 5.69 Å². The van der Waals surface area contributed by atoms with Crippen molar-refractivity contribution < 1.29 is 39.5 Å². The number of ether oxygens (including phenoxy) is 2. The van der Waals surface area contributed by atoms with Gasteiger partial charge in [0.15, 0.2) is 0 Å². The molecule has 2 aliphatic rings. The van der Waals surface area contributed by atoms with Gasteiger partial charge in [0, 0.05) is 40.7 Å². The number of carbonyl (C=O) groups excluding carboxylic acids is 2. The molecule has 3 aromatic rings. The van der Waals surface area contributed by atoms with Crippen LogP contribution in [0.5, 0.6) is 5.75 Å². The van der Waals surface area contributed by atoms with Crippen molar-refractivity contribution in [3.8, 4) is 5.75 Å². The van der Waals surface area contributed by atoms with Gasteiger partial charge >= 0.3 is 0 Å². The number of hydrogen-bond donors (Lipinski definition) is 5. The lowest BCUT2D eigenvalue weighted by molar-refractivity contribution is -0.277. The minimum atomic E-state index is -1.52. The minimum absolute atomic E-state index is 0.276. The average Bonchev–Trinajstić information content (AvgIpc) is 2.94. The molecule has 0 bridgehead atoms. The summed E-state index contributed by atoms with van der Waals surface area (Å²) < 4.78 is 11.0. The molecule has 2 aliphatic heterocycles. The second-order valence-electron chi connectivity index (χ2n) is 9.46. The van der Waals surface area contributed by atoms with Gasteiger partial charge in [0.25, 0.3) is 11.8 Å². The molecule has 0 radical (unpaired) electrons. The average molecular weight is 523 g/mol. The Hall–Kier alpha value is -3.54. The molecular formula is C28H30N2O8. The van der Waals surface area contributed by atoms with Crippen molar-refractivity contribution in [1.82, 2.24) is 4.90 Å². The van der Waals surface area contributed by atoms with Gasteiger partial charge in [-0.15, -0.1) is 0 Å². The zero-order valence-electron chi connectivity index (χ0n) is 20.8. The molecule has 0 aromatic heterocycles. The number of nitrogens with one attached hydrogen (secondary N) is 1. The van der Waals surface area contributed by atoms with Crippen LogP contribution in [0.15, 0.2) is 54.6 Å². The number of hydrogen-bond acceptors (Lipinski definition) is 9. The van der Waals surface area contributed by atoms with Crippen molar-refractivity contribution >= 4 is 28.3 Å². The van der Waals surface area contributed by atoms with Gasteiger partial charge in [-0.25, -0.2) is 0 Å². The second-order valence-corrected chi connectivity index (χ2v) is 9.46. The van der Waals surface area contributed by atoms with Crippen LogP contribution in [0, 0.1) is 0 Å². The molecule has 2 amide bonds. The molecule has 0 aliphatic carbocycles. The van der Waals surface area contributed by atoms with Crippen LogP contribution in [0.3, 0.4) is 0 Å². The molecule has 2 heterocycles. The fourth-order valence-corrected chi connectivity index (χ4v) is 4.91. The Kier molecular flexibility index (Phi) is 7.33. The van der Waals surface area contributed by atoms with Crippen molar-refractivity contribution in [2.45, 2.75) is 50.6 Å². The Morgan fingerprint density at radius 1 is 0.921 bits per heavy atom. The smallest absolute Gasteiger partial charge is 0.261 e. The summed E-state index contributed by atoms with van der Waals surface area (Å²) in [6.45, 7) is 2.22. The third-order valence-electron chi connectivity index (χ3n) is 6.95. The van der Waals surface area contributed by atoms with Crippen molar-refractivity contribution in [3.63, 3.8) is 0 Å². The van der Waals surface area contributed by atoms with Crippen molar-refractivity contribution in [3.05, 3.63) is 71.3 Å². The number of carbonyl (C=O) groups is 2. The lowest BCUT2D eigenvalue weighted by atomic mass is 9.93. The lowest BCUT2D eigenvalue weighted by Crippen LogP contribution is -2.60. The van der Waals surface area contributed by atoms with Crippen molar-refractivity contribution in [2.24, 2.45) is 0 Å². The fourth-order valence-electron chi connectivity index (χ4n) is 4.91. The first-order valence-electron chi connectivity index (χ1n) is 12.6. The van der Waals surface area contributed by atoms with Crippen LogP contribution in [-0.2, 0) is 11.3 Å². The Morgan fingerprint density at radius 3 is 2.32 bits per heavy atom. The largest absolute Gasteiger partial charge is 0.462 e. The van der Waals surface area contributed by atoms with Crippen LogP contribution in [0.2, 0.25) is 0 Å². The van der Waals surface area contributed by atoms with E-state index in [1.807, 2.05) is 37.3 Å². The summed E-state index contributed by atoms with van der Waals surface area (Å²) in [6.07, 6.45) is -6.08. The highest BCUT2D eigenvalue weighted by Crippen LogP contribution is 2.35. The highest BCUT2D eigenvalue weighted by molar-refractivity contribution is 6.26. The van der Waals surface area contributed by atoms with Gasteiger partial charge in [0.2, 0.25) is 6.29 Å². The van der Waals surface area contributed by atoms with E-state index in [0.717, 1.165) is 16.6 Å². The lowest BCUT2D eigenvalue weighted by Gasteiger charge is -2.39. The second kappa shape index (κ2) is 10.7. The molecule has 38 heavy (non-hydrogen) atoms. The maximum absolute atomic E-state index is 13.0. The predicted molar refractivity (Wildman–Crippen MR) is 138 cm³/mol. The van der Waals surface area contributed by atoms with Crippen molar-refractivity contribution in [2.75, 3.05) is 18.5 Å². The molecule has 5 N–H and O–H groups in total. The molecule has 200 valence electrons. The van der Waals surface area contributed by atoms with Gasteiger partial charge in [0.1, 0.15) is 30.2 Å². The van der Waals surface area contributed by atoms with E-state index in [2.05, 4.69) is 5.32 Å². The van der Waals surface area contributed by atoms with Gasteiger partial charge in [-0.1, -0.05) is 31.2 Å². The number of rotatable bonds is 8. The van der Waals surface area contributed by atoms with E-state index >= 15 is 0 Å². The molecule has 0 saturated carbocycles. The number of aliphatic hydroxyl groups excluding tert-OH is 4. The summed E-state index contributed by atoms with van der Waals surface area (Å²) in [5.41, 5.74) is 2.73. The molecule has 10 heteroatoms. The first-order valence-corrected chi connectivity index (χ1v) is 12.6. The summed E-state index contributed by atoms with van der Waals surface area (Å²) >= 11 is 0. The van der Waals surface area contributed by atoms with Crippen LogP contribution in [0.25, 0.3) is 10.8 Å². The Morgan fingerprint density at radius 2 is 1.63 bits per heavy atom. The monoisotopic (exact) mass is 522 g/mol. The summed E-state index contributed by atoms with van der Waals surface area (Å²) in [5.74, 6) is -0.183. The van der Waals surface area contributed by atoms with E-state index in [0.29, 0.717) is 41.8 Å². The quantitative estimate of drug-likeness (QED) is 0.278. The number of aliphatic hydroxyl groups is 4. The predicted octanol–water partition coefficient (Wildman–Crippen LogP) is 1.64. The topological polar surface area (TPSA) is 149 Å². The summed E-state index contributed by atoms with van der Waals surface area (Å²) in [4.78, 5) is 27.2. The number of imide groups is 1. The molecular weight excluding hydrogens is 492 g/mol. The standard InChI is InChI=1S/C28H30N2O8/c1-2-12-30-26(35)18-5-3-4-17-20(11-10-19(22(17)18)27(30)36)29-13-15-6-8-16(9-7-15)37-28-25(34)24(33)23(32)21(14-31)38-28/h3-11,21,23-25,28-29,31-34H,2,12-14H2,1H3/t21-,23+,24+,25-,28-/m0/s1. The molecule has 0 unspecified atom stereocenters. The van der Waals surface area contributed by atoms with Gasteiger partial charge in [0.05, 0.1) is 6.61 Å². The first-order chi connectivity index (χ1) is 18.3. The SMILES string of the molecule is CCCN1C(=O)c2cccc3c(NCc4ccc(O[C@H]5O[C@@H](CO)[C@@H](O)[C@@H](O)[C@@H]5O)cc4)ccc(c23)C1=O. The van der Waals surface area contributed by atoms with Gasteiger partial charge in [-0.05, 0) is 42.3 Å². The molecule has 10 nitrogen and oxygen atoms in total. The molecule has 5 atom stereocenters. The zero-order chi connectivity index (χ0) is 27.0. The highest BCUT2D eigenvalue weighted by Gasteiger charge is 2.44. The van der Waals surface area contributed by atoms with Gasteiger partial charge in [-0.3, -0.25) is 14.5 Å². The minimum Gasteiger partial charge on any atom is -0.462 e. The van der Waals surface area contributed by atoms with Crippen LogP contribution >= 0.6 is 0 Å². The zero-order valence-corrected chi connectivity index (χ0v) is 20.8. The van der Waals surface area contributed by atoms with Gasteiger partial charge in [-0.2, -0.15) is 0 Å². The summed E-state index contributed by atoms with van der Waals surface area (Å²) in [5, 5.41) is 44.2. The summed E-state index contributed by atoms with van der Waals surface area (Å²) in [7, 11) is 0. The molecule has 1 saturated heterocycles. The number of anilines is 1. The van der Waals surface area contributed by atoms with Crippen LogP contribution in [0.1, 0.15) is 39.6 Å². The van der Waals surface area contributed by atoms with Crippen molar-refractivity contribution in [1.29, 1.82) is 0 Å². The van der Waals surface area contributed by atoms with Crippen LogP contribution in [-0.4, -0.2) is 81.0 Å². The number of nitrogens with zero attached hydrogens (tertiary/aromatic N) is 1. The molecule has 3 aromatic carbocycles. The van der Waals surface area contributed by atoms with E-state index in [4.69, 9.17) is 9.47 Å².